The van der Waals surface area contributed by atoms with Crippen LogP contribution in [0.1, 0.15) is 6.92 Å². The van der Waals surface area contributed by atoms with Gasteiger partial charge in [0.2, 0.25) is 0 Å². The number of aliphatic hydroxyl groups is 1. The molecule has 1 aliphatic heterocycles. The zero-order chi connectivity index (χ0) is 21.3. The molecule has 1 heterocycles. The first-order chi connectivity index (χ1) is 14.5. The molecular weight excluding hydrogens is 387 g/mol. The highest BCUT2D eigenvalue weighted by atomic mass is 19.1. The molecule has 3 aromatic carbocycles. The van der Waals surface area contributed by atoms with Gasteiger partial charge in [0, 0.05) is 11.1 Å². The highest BCUT2D eigenvalue weighted by Crippen LogP contribution is 2.27. The van der Waals surface area contributed by atoms with Crippen LogP contribution in [0.25, 0.3) is 10.8 Å². The van der Waals surface area contributed by atoms with E-state index in [1.807, 2.05) is 36.4 Å². The van der Waals surface area contributed by atoms with Crippen molar-refractivity contribution in [2.75, 3.05) is 18.1 Å². The zero-order valence-electron chi connectivity index (χ0n) is 16.4. The average molecular weight is 408 g/mol. The smallest absolute Gasteiger partial charge is 0.332 e. The van der Waals surface area contributed by atoms with Crippen LogP contribution in [0.4, 0.5) is 14.9 Å². The average Bonchev–Trinajstić information content (AvgIpc) is 2.96. The molecular formula is C23H21FN2O4. The van der Waals surface area contributed by atoms with Crippen molar-refractivity contribution in [3.8, 4) is 5.75 Å². The molecule has 1 N–H and O–H groups in total. The van der Waals surface area contributed by atoms with E-state index in [-0.39, 0.29) is 13.2 Å². The van der Waals surface area contributed by atoms with Crippen LogP contribution < -0.4 is 9.64 Å². The quantitative estimate of drug-likeness (QED) is 0.633. The Morgan fingerprint density at radius 3 is 2.50 bits per heavy atom. The lowest BCUT2D eigenvalue weighted by Gasteiger charge is -2.21. The summed E-state index contributed by atoms with van der Waals surface area (Å²) in [5, 5.41) is 12.3. The Morgan fingerprint density at radius 1 is 1.03 bits per heavy atom. The van der Waals surface area contributed by atoms with Gasteiger partial charge in [-0.2, -0.15) is 0 Å². The first-order valence-corrected chi connectivity index (χ1v) is 9.64. The van der Waals surface area contributed by atoms with Crippen LogP contribution in [0.5, 0.6) is 5.75 Å². The maximum Gasteiger partial charge on any atom is 0.332 e. The molecule has 1 fully saturated rings. The molecule has 2 atom stereocenters. The standard InChI is InChI=1S/C23H21FN2O4/c1-15-22(28)25(23(29)26(15)18-11-9-17(24)10-12-18)13-19(27)14-30-21-8-4-6-16-5-2-3-7-20(16)21/h2-12,15,19,27H,13-14H2,1H3/t15-,19-/m0/s1. The maximum absolute atomic E-state index is 13.2. The van der Waals surface area contributed by atoms with Crippen molar-refractivity contribution < 1.29 is 23.8 Å². The fraction of sp³-hybridized carbons (Fsp3) is 0.217. The molecule has 1 saturated heterocycles. The number of imide groups is 1. The second-order valence-electron chi connectivity index (χ2n) is 7.20. The van der Waals surface area contributed by atoms with Crippen LogP contribution in [0.2, 0.25) is 0 Å². The van der Waals surface area contributed by atoms with Gasteiger partial charge in [0.15, 0.2) is 0 Å². The number of carbonyl (C=O) groups is 2. The number of benzene rings is 3. The van der Waals surface area contributed by atoms with Gasteiger partial charge in [0.1, 0.15) is 30.3 Å². The van der Waals surface area contributed by atoms with E-state index in [0.29, 0.717) is 11.4 Å². The Labute approximate surface area is 173 Å². The number of amides is 3. The van der Waals surface area contributed by atoms with E-state index in [4.69, 9.17) is 4.74 Å². The number of hydrogen-bond donors (Lipinski definition) is 1. The molecule has 0 unspecified atom stereocenters. The van der Waals surface area contributed by atoms with E-state index in [0.717, 1.165) is 15.7 Å². The summed E-state index contributed by atoms with van der Waals surface area (Å²) >= 11 is 0. The van der Waals surface area contributed by atoms with Crippen molar-refractivity contribution in [2.24, 2.45) is 0 Å². The van der Waals surface area contributed by atoms with Crippen LogP contribution in [0, 0.1) is 5.82 Å². The van der Waals surface area contributed by atoms with E-state index in [9.17, 15) is 19.1 Å². The molecule has 3 amide bonds. The van der Waals surface area contributed by atoms with E-state index < -0.39 is 29.9 Å². The number of rotatable bonds is 6. The van der Waals surface area contributed by atoms with Gasteiger partial charge in [0.25, 0.3) is 5.91 Å². The van der Waals surface area contributed by atoms with E-state index >= 15 is 0 Å². The molecule has 0 aromatic heterocycles. The van der Waals surface area contributed by atoms with Crippen molar-refractivity contribution in [1.29, 1.82) is 0 Å². The topological polar surface area (TPSA) is 70.1 Å². The second-order valence-corrected chi connectivity index (χ2v) is 7.20. The Bertz CT molecular complexity index is 1080. The third kappa shape index (κ3) is 3.71. The molecule has 0 saturated carbocycles. The Kier molecular flexibility index (Phi) is 5.37. The first-order valence-electron chi connectivity index (χ1n) is 9.64. The van der Waals surface area contributed by atoms with Gasteiger partial charge in [0.05, 0.1) is 6.54 Å². The third-order valence-corrected chi connectivity index (χ3v) is 5.13. The van der Waals surface area contributed by atoms with Crippen molar-refractivity contribution in [1.82, 2.24) is 4.90 Å². The summed E-state index contributed by atoms with van der Waals surface area (Å²) in [6.45, 7) is 1.34. The third-order valence-electron chi connectivity index (χ3n) is 5.13. The number of anilines is 1. The number of nitrogens with zero attached hydrogens (tertiary/aromatic N) is 2. The molecule has 4 rings (SSSR count). The molecule has 0 radical (unpaired) electrons. The Balaban J connectivity index is 1.43. The molecule has 0 bridgehead atoms. The van der Waals surface area contributed by atoms with Crippen molar-refractivity contribution in [2.45, 2.75) is 19.1 Å². The number of fused-ring (bicyclic) bond motifs is 1. The number of ether oxygens (including phenoxy) is 1. The van der Waals surface area contributed by atoms with Crippen molar-refractivity contribution in [3.63, 3.8) is 0 Å². The summed E-state index contributed by atoms with van der Waals surface area (Å²) in [7, 11) is 0. The molecule has 0 spiro atoms. The molecule has 3 aromatic rings. The summed E-state index contributed by atoms with van der Waals surface area (Å²) in [5.41, 5.74) is 0.422. The molecule has 7 heteroatoms. The van der Waals surface area contributed by atoms with Crippen molar-refractivity contribution in [3.05, 3.63) is 72.5 Å². The maximum atomic E-state index is 13.2. The summed E-state index contributed by atoms with van der Waals surface area (Å²) in [6, 6.07) is 17.4. The summed E-state index contributed by atoms with van der Waals surface area (Å²) in [5.74, 6) is -0.233. The summed E-state index contributed by atoms with van der Waals surface area (Å²) < 4.78 is 18.9. The minimum atomic E-state index is -1.06. The molecule has 30 heavy (non-hydrogen) atoms. The van der Waals surface area contributed by atoms with Gasteiger partial charge in [-0.1, -0.05) is 36.4 Å². The van der Waals surface area contributed by atoms with Crippen LogP contribution >= 0.6 is 0 Å². The first kappa shape index (κ1) is 19.8. The highest BCUT2D eigenvalue weighted by molar-refractivity contribution is 6.14. The largest absolute Gasteiger partial charge is 0.490 e. The van der Waals surface area contributed by atoms with E-state index in [1.165, 1.54) is 29.2 Å². The molecule has 0 aliphatic carbocycles. The molecule has 154 valence electrons. The lowest BCUT2D eigenvalue weighted by atomic mass is 10.1. The highest BCUT2D eigenvalue weighted by Gasteiger charge is 2.43. The lowest BCUT2D eigenvalue weighted by Crippen LogP contribution is -2.40. The Hall–Kier alpha value is -3.45. The zero-order valence-corrected chi connectivity index (χ0v) is 16.4. The van der Waals surface area contributed by atoms with Gasteiger partial charge in [-0.15, -0.1) is 0 Å². The molecule has 1 aliphatic rings. The normalized spacial score (nSPS) is 17.6. The number of carbonyl (C=O) groups excluding carboxylic acids is 2. The van der Waals surface area contributed by atoms with Crippen LogP contribution in [0.15, 0.2) is 66.7 Å². The van der Waals surface area contributed by atoms with Crippen LogP contribution in [0.3, 0.4) is 0 Å². The van der Waals surface area contributed by atoms with Gasteiger partial charge >= 0.3 is 6.03 Å². The number of aliphatic hydroxyl groups excluding tert-OH is 1. The Morgan fingerprint density at radius 2 is 1.73 bits per heavy atom. The predicted molar refractivity (Wildman–Crippen MR) is 111 cm³/mol. The van der Waals surface area contributed by atoms with E-state index in [1.54, 1.807) is 13.0 Å². The molecule has 6 nitrogen and oxygen atoms in total. The van der Waals surface area contributed by atoms with Gasteiger partial charge in [-0.3, -0.25) is 14.6 Å². The number of urea groups is 1. The monoisotopic (exact) mass is 408 g/mol. The van der Waals surface area contributed by atoms with Gasteiger partial charge in [-0.25, -0.2) is 9.18 Å². The second kappa shape index (κ2) is 8.12. The number of hydrogen-bond acceptors (Lipinski definition) is 4. The van der Waals surface area contributed by atoms with Crippen molar-refractivity contribution >= 4 is 28.4 Å². The number of halogens is 1. The van der Waals surface area contributed by atoms with Crippen LogP contribution in [-0.2, 0) is 4.79 Å². The lowest BCUT2D eigenvalue weighted by molar-refractivity contribution is -0.128. The summed E-state index contributed by atoms with van der Waals surface area (Å²) in [4.78, 5) is 27.7. The fourth-order valence-corrected chi connectivity index (χ4v) is 3.60. The fourth-order valence-electron chi connectivity index (χ4n) is 3.60. The number of β-amino-alcohol motifs (C(OH)–C–C–N with tert-alkyl or cyclic N) is 1. The minimum absolute atomic E-state index is 0.0734. The van der Waals surface area contributed by atoms with Crippen LogP contribution in [-0.4, -0.2) is 47.2 Å². The van der Waals surface area contributed by atoms with E-state index in [2.05, 4.69) is 0 Å². The predicted octanol–water partition coefficient (Wildman–Crippen LogP) is 3.58. The SMILES string of the molecule is C[C@H]1C(=O)N(C[C@H](O)COc2cccc3ccccc23)C(=O)N1c1ccc(F)cc1. The van der Waals surface area contributed by atoms with Gasteiger partial charge < -0.3 is 9.84 Å². The minimum Gasteiger partial charge on any atom is -0.490 e. The summed E-state index contributed by atoms with van der Waals surface area (Å²) in [6.07, 6.45) is -1.06. The van der Waals surface area contributed by atoms with Gasteiger partial charge in [-0.05, 0) is 42.6 Å².